The predicted octanol–water partition coefficient (Wildman–Crippen LogP) is 2.97. The van der Waals surface area contributed by atoms with Crippen molar-refractivity contribution in [2.24, 2.45) is 16.6 Å². The van der Waals surface area contributed by atoms with Crippen LogP contribution in [0.2, 0.25) is 0 Å². The Morgan fingerprint density at radius 2 is 2.12 bits per heavy atom. The number of carbonyl (C=O) groups is 1. The number of rotatable bonds is 8. The summed E-state index contributed by atoms with van der Waals surface area (Å²) in [6.07, 6.45) is 3.79. The number of ether oxygens (including phenoxy) is 2. The standard InChI is InChI=1S/C18H36N4O3.HI/c1-5-24-13-7-10-20-16(19)21-11-9-15-8-6-12-22(14-15)17(23)25-18(2,3)4;/h15H,5-14H2,1-4H3,(H3,19,20,21);1H. The molecule has 1 saturated heterocycles. The Morgan fingerprint density at radius 3 is 2.77 bits per heavy atom. The van der Waals surface area contributed by atoms with Crippen molar-refractivity contribution in [2.45, 2.75) is 59.0 Å². The summed E-state index contributed by atoms with van der Waals surface area (Å²) in [4.78, 5) is 18.3. The zero-order chi connectivity index (χ0) is 18.7. The summed E-state index contributed by atoms with van der Waals surface area (Å²) < 4.78 is 10.7. The lowest BCUT2D eigenvalue weighted by molar-refractivity contribution is 0.0162. The molecule has 154 valence electrons. The van der Waals surface area contributed by atoms with Crippen molar-refractivity contribution in [1.82, 2.24) is 10.2 Å². The predicted molar refractivity (Wildman–Crippen MR) is 116 cm³/mol. The quantitative estimate of drug-likeness (QED) is 0.239. The van der Waals surface area contributed by atoms with Crippen molar-refractivity contribution in [2.75, 3.05) is 39.4 Å². The molecule has 7 nitrogen and oxygen atoms in total. The van der Waals surface area contributed by atoms with E-state index in [-0.39, 0.29) is 30.1 Å². The lowest BCUT2D eigenvalue weighted by Crippen LogP contribution is -2.43. The molecule has 0 aromatic carbocycles. The van der Waals surface area contributed by atoms with Crippen molar-refractivity contribution >= 4 is 36.0 Å². The number of aliphatic imine (C=N–C) groups is 1. The molecular formula is C18H37IN4O3. The molecule has 26 heavy (non-hydrogen) atoms. The van der Waals surface area contributed by atoms with E-state index in [9.17, 15) is 4.79 Å². The summed E-state index contributed by atoms with van der Waals surface area (Å²) in [7, 11) is 0. The highest BCUT2D eigenvalue weighted by atomic mass is 127. The molecule has 1 aliphatic heterocycles. The summed E-state index contributed by atoms with van der Waals surface area (Å²) in [6, 6.07) is 0. The summed E-state index contributed by atoms with van der Waals surface area (Å²) in [5, 5.41) is 3.16. The number of amides is 1. The topological polar surface area (TPSA) is 89.2 Å². The molecule has 1 unspecified atom stereocenters. The number of guanidine groups is 1. The van der Waals surface area contributed by atoms with E-state index in [0.29, 0.717) is 18.4 Å². The van der Waals surface area contributed by atoms with Crippen molar-refractivity contribution in [3.05, 3.63) is 0 Å². The third kappa shape index (κ3) is 11.8. The molecule has 1 heterocycles. The SMILES string of the molecule is CCOCCCN=C(N)NCCC1CCCN(C(=O)OC(C)(C)C)C1.I. The van der Waals surface area contributed by atoms with Gasteiger partial charge in [-0.25, -0.2) is 4.79 Å². The Bertz CT molecular complexity index is 427. The second kappa shape index (κ2) is 13.4. The first-order valence-corrected chi connectivity index (χ1v) is 9.41. The molecule has 3 N–H and O–H groups in total. The summed E-state index contributed by atoms with van der Waals surface area (Å²) >= 11 is 0. The van der Waals surface area contributed by atoms with Gasteiger partial charge in [-0.05, 0) is 59.3 Å². The van der Waals surface area contributed by atoms with E-state index in [1.165, 1.54) is 0 Å². The van der Waals surface area contributed by atoms with Gasteiger partial charge in [-0.2, -0.15) is 0 Å². The largest absolute Gasteiger partial charge is 0.444 e. The van der Waals surface area contributed by atoms with Crippen LogP contribution >= 0.6 is 24.0 Å². The molecular weight excluding hydrogens is 447 g/mol. The lowest BCUT2D eigenvalue weighted by atomic mass is 9.95. The van der Waals surface area contributed by atoms with E-state index in [1.807, 2.05) is 32.6 Å². The van der Waals surface area contributed by atoms with Gasteiger partial charge in [-0.3, -0.25) is 4.99 Å². The van der Waals surface area contributed by atoms with E-state index in [1.54, 1.807) is 0 Å². The number of likely N-dealkylation sites (tertiary alicyclic amines) is 1. The molecule has 0 bridgehead atoms. The van der Waals surface area contributed by atoms with Crippen molar-refractivity contribution in [1.29, 1.82) is 0 Å². The highest BCUT2D eigenvalue weighted by molar-refractivity contribution is 14.0. The number of nitrogens with two attached hydrogens (primary N) is 1. The highest BCUT2D eigenvalue weighted by Crippen LogP contribution is 2.21. The third-order valence-electron chi connectivity index (χ3n) is 3.96. The van der Waals surface area contributed by atoms with Gasteiger partial charge in [0.15, 0.2) is 5.96 Å². The van der Waals surface area contributed by atoms with E-state index in [4.69, 9.17) is 15.2 Å². The Kier molecular flexibility index (Phi) is 13.0. The Hall–Kier alpha value is -0.770. The minimum atomic E-state index is -0.446. The molecule has 0 radical (unpaired) electrons. The van der Waals surface area contributed by atoms with Crippen LogP contribution in [-0.4, -0.2) is 61.9 Å². The maximum atomic E-state index is 12.2. The van der Waals surface area contributed by atoms with Crippen LogP contribution in [0.5, 0.6) is 0 Å². The molecule has 1 atom stereocenters. The molecule has 1 aliphatic rings. The van der Waals surface area contributed by atoms with Crippen LogP contribution in [0.1, 0.15) is 53.4 Å². The molecule has 0 aromatic heterocycles. The molecule has 8 heteroatoms. The van der Waals surface area contributed by atoms with Crippen LogP contribution in [0.25, 0.3) is 0 Å². The molecule has 0 aromatic rings. The number of halogens is 1. The first-order valence-electron chi connectivity index (χ1n) is 9.41. The summed E-state index contributed by atoms with van der Waals surface area (Å²) in [5.74, 6) is 0.954. The molecule has 0 aliphatic carbocycles. The van der Waals surface area contributed by atoms with Crippen LogP contribution in [0.15, 0.2) is 4.99 Å². The van der Waals surface area contributed by atoms with E-state index in [0.717, 1.165) is 58.5 Å². The highest BCUT2D eigenvalue weighted by Gasteiger charge is 2.27. The van der Waals surface area contributed by atoms with Crippen LogP contribution in [0, 0.1) is 5.92 Å². The van der Waals surface area contributed by atoms with Crippen LogP contribution < -0.4 is 11.1 Å². The average Bonchev–Trinajstić information content (AvgIpc) is 2.53. The number of piperidine rings is 1. The first-order chi connectivity index (χ1) is 11.8. The third-order valence-corrected chi connectivity index (χ3v) is 3.96. The maximum absolute atomic E-state index is 12.2. The smallest absolute Gasteiger partial charge is 0.410 e. The van der Waals surface area contributed by atoms with Gasteiger partial charge in [-0.15, -0.1) is 24.0 Å². The zero-order valence-electron chi connectivity index (χ0n) is 16.8. The fraction of sp³-hybridized carbons (Fsp3) is 0.889. The lowest BCUT2D eigenvalue weighted by Gasteiger charge is -2.34. The fourth-order valence-electron chi connectivity index (χ4n) is 2.76. The molecule has 0 spiro atoms. The number of carbonyl (C=O) groups excluding carboxylic acids is 1. The fourth-order valence-corrected chi connectivity index (χ4v) is 2.76. The number of nitrogens with zero attached hydrogens (tertiary/aromatic N) is 2. The van der Waals surface area contributed by atoms with Crippen molar-refractivity contribution < 1.29 is 14.3 Å². The number of nitrogens with one attached hydrogen (secondary N) is 1. The monoisotopic (exact) mass is 484 g/mol. The Morgan fingerprint density at radius 1 is 1.38 bits per heavy atom. The zero-order valence-corrected chi connectivity index (χ0v) is 19.1. The van der Waals surface area contributed by atoms with Gasteiger partial charge >= 0.3 is 6.09 Å². The normalized spacial score (nSPS) is 18.2. The van der Waals surface area contributed by atoms with Crippen molar-refractivity contribution in [3.63, 3.8) is 0 Å². The van der Waals surface area contributed by atoms with Gasteiger partial charge < -0.3 is 25.4 Å². The van der Waals surface area contributed by atoms with Crippen LogP contribution in [0.4, 0.5) is 4.79 Å². The van der Waals surface area contributed by atoms with Gasteiger partial charge in [0.25, 0.3) is 0 Å². The van der Waals surface area contributed by atoms with Gasteiger partial charge in [0.05, 0.1) is 0 Å². The minimum absolute atomic E-state index is 0. The second-order valence-corrected chi connectivity index (χ2v) is 7.47. The molecule has 0 saturated carbocycles. The second-order valence-electron chi connectivity index (χ2n) is 7.47. The van der Waals surface area contributed by atoms with Crippen LogP contribution in [-0.2, 0) is 9.47 Å². The molecule has 1 amide bonds. The maximum Gasteiger partial charge on any atom is 0.410 e. The van der Waals surface area contributed by atoms with E-state index in [2.05, 4.69) is 10.3 Å². The molecule has 1 fully saturated rings. The summed E-state index contributed by atoms with van der Waals surface area (Å²) in [6.45, 7) is 12.1. The van der Waals surface area contributed by atoms with Gasteiger partial charge in [0.2, 0.25) is 0 Å². The van der Waals surface area contributed by atoms with Gasteiger partial charge in [0.1, 0.15) is 5.60 Å². The Balaban J connectivity index is 0.00000625. The average molecular weight is 484 g/mol. The first kappa shape index (κ1) is 25.2. The van der Waals surface area contributed by atoms with E-state index >= 15 is 0 Å². The van der Waals surface area contributed by atoms with Gasteiger partial charge in [-0.1, -0.05) is 0 Å². The van der Waals surface area contributed by atoms with E-state index < -0.39 is 5.60 Å². The number of hydrogen-bond donors (Lipinski definition) is 2. The Labute approximate surface area is 175 Å². The van der Waals surface area contributed by atoms with Crippen molar-refractivity contribution in [3.8, 4) is 0 Å². The van der Waals surface area contributed by atoms with Crippen LogP contribution in [0.3, 0.4) is 0 Å². The van der Waals surface area contributed by atoms with Gasteiger partial charge in [0, 0.05) is 39.4 Å². The molecule has 1 rings (SSSR count). The minimum Gasteiger partial charge on any atom is -0.444 e. The summed E-state index contributed by atoms with van der Waals surface area (Å²) in [5.41, 5.74) is 5.42. The number of hydrogen-bond acceptors (Lipinski definition) is 4.